The molecule has 3 aromatic rings. The average Bonchev–Trinajstić information content (AvgIpc) is 2.76. The Morgan fingerprint density at radius 1 is 1.00 bits per heavy atom. The lowest BCUT2D eigenvalue weighted by Crippen LogP contribution is -2.18. The number of carbonyl (C=O) groups is 2. The first-order chi connectivity index (χ1) is 15.0. The lowest BCUT2D eigenvalue weighted by molar-refractivity contribution is 0.0953. The lowest BCUT2D eigenvalue weighted by Gasteiger charge is -2.07. The van der Waals surface area contributed by atoms with Crippen molar-refractivity contribution in [3.63, 3.8) is 0 Å². The molecule has 0 atom stereocenters. The van der Waals surface area contributed by atoms with Crippen LogP contribution >= 0.6 is 15.9 Å². The zero-order chi connectivity index (χ0) is 22.2. The molecule has 0 aromatic heterocycles. The molecule has 0 radical (unpaired) electrons. The minimum atomic E-state index is -0.448. The number of hydrazone groups is 1. The smallest absolute Gasteiger partial charge is 0.271 e. The monoisotopic (exact) mass is 477 g/mol. The third-order valence-electron chi connectivity index (χ3n) is 4.35. The normalized spacial score (nSPS) is 10.6. The SMILES string of the molecule is C=CCc1cccc(/C=N\NC(=O)c2cccc(NC(=O)c3cccc(Br)c3)c2)c1O. The molecule has 0 aliphatic carbocycles. The van der Waals surface area contributed by atoms with Crippen molar-refractivity contribution in [2.75, 3.05) is 5.32 Å². The van der Waals surface area contributed by atoms with E-state index >= 15 is 0 Å². The fourth-order valence-corrected chi connectivity index (χ4v) is 3.23. The molecule has 0 aliphatic rings. The molecule has 3 N–H and O–H groups in total. The van der Waals surface area contributed by atoms with Crippen molar-refractivity contribution in [3.05, 3.63) is 106 Å². The van der Waals surface area contributed by atoms with E-state index in [1.165, 1.54) is 6.21 Å². The summed E-state index contributed by atoms with van der Waals surface area (Å²) in [7, 11) is 0. The molecule has 0 saturated carbocycles. The van der Waals surface area contributed by atoms with Gasteiger partial charge in [0, 0.05) is 26.9 Å². The van der Waals surface area contributed by atoms with Crippen LogP contribution in [0.3, 0.4) is 0 Å². The summed E-state index contributed by atoms with van der Waals surface area (Å²) in [5.41, 5.74) is 4.93. The van der Waals surface area contributed by atoms with E-state index in [0.29, 0.717) is 28.8 Å². The number of phenols is 1. The summed E-state index contributed by atoms with van der Waals surface area (Å²) in [4.78, 5) is 24.8. The molecule has 31 heavy (non-hydrogen) atoms. The third-order valence-corrected chi connectivity index (χ3v) is 4.85. The third kappa shape index (κ3) is 5.90. The van der Waals surface area contributed by atoms with Gasteiger partial charge in [-0.05, 0) is 54.4 Å². The van der Waals surface area contributed by atoms with Crippen molar-refractivity contribution in [2.45, 2.75) is 6.42 Å². The van der Waals surface area contributed by atoms with E-state index in [2.05, 4.69) is 38.4 Å². The fourth-order valence-electron chi connectivity index (χ4n) is 2.83. The van der Waals surface area contributed by atoms with Gasteiger partial charge in [0.05, 0.1) is 6.21 Å². The van der Waals surface area contributed by atoms with Gasteiger partial charge in [-0.2, -0.15) is 5.10 Å². The van der Waals surface area contributed by atoms with Gasteiger partial charge in [0.15, 0.2) is 0 Å². The van der Waals surface area contributed by atoms with Crippen molar-refractivity contribution in [3.8, 4) is 5.75 Å². The van der Waals surface area contributed by atoms with Gasteiger partial charge in [0.2, 0.25) is 0 Å². The highest BCUT2D eigenvalue weighted by atomic mass is 79.9. The van der Waals surface area contributed by atoms with E-state index in [4.69, 9.17) is 0 Å². The second-order valence-electron chi connectivity index (χ2n) is 6.59. The standard InChI is InChI=1S/C24H20BrN3O3/c1-2-6-16-7-3-10-19(22(16)29)15-26-28-24(31)18-9-5-12-21(14-18)27-23(30)17-8-4-11-20(25)13-17/h2-5,7-15,29H,1,6H2,(H,27,30)(H,28,31)/b26-15-. The van der Waals surface area contributed by atoms with Crippen molar-refractivity contribution in [1.29, 1.82) is 0 Å². The van der Waals surface area contributed by atoms with Crippen LogP contribution in [0.1, 0.15) is 31.8 Å². The van der Waals surface area contributed by atoms with Gasteiger partial charge < -0.3 is 10.4 Å². The number of nitrogens with zero attached hydrogens (tertiary/aromatic N) is 1. The lowest BCUT2D eigenvalue weighted by atomic mass is 10.1. The molecule has 0 fully saturated rings. The number of halogens is 1. The van der Waals surface area contributed by atoms with Gasteiger partial charge in [-0.15, -0.1) is 6.58 Å². The van der Waals surface area contributed by atoms with E-state index in [1.807, 2.05) is 6.07 Å². The molecule has 7 heteroatoms. The van der Waals surface area contributed by atoms with Crippen LogP contribution in [0.25, 0.3) is 0 Å². The number of carbonyl (C=O) groups excluding carboxylic acids is 2. The topological polar surface area (TPSA) is 90.8 Å². The Morgan fingerprint density at radius 3 is 2.45 bits per heavy atom. The first-order valence-corrected chi connectivity index (χ1v) is 10.2. The molecule has 0 aliphatic heterocycles. The number of aromatic hydroxyl groups is 1. The summed E-state index contributed by atoms with van der Waals surface area (Å²) < 4.78 is 0.798. The van der Waals surface area contributed by atoms with Crippen LogP contribution < -0.4 is 10.7 Å². The number of allylic oxidation sites excluding steroid dienone is 1. The predicted molar refractivity (Wildman–Crippen MR) is 126 cm³/mol. The zero-order valence-electron chi connectivity index (χ0n) is 16.5. The Morgan fingerprint density at radius 2 is 1.71 bits per heavy atom. The van der Waals surface area contributed by atoms with Crippen LogP contribution in [-0.2, 0) is 6.42 Å². The number of para-hydroxylation sites is 1. The van der Waals surface area contributed by atoms with Crippen LogP contribution in [0.4, 0.5) is 5.69 Å². The predicted octanol–water partition coefficient (Wildman–Crippen LogP) is 4.90. The molecule has 2 amide bonds. The van der Waals surface area contributed by atoms with Gasteiger partial charge in [-0.3, -0.25) is 9.59 Å². The minimum absolute atomic E-state index is 0.0951. The quantitative estimate of drug-likeness (QED) is 0.256. The van der Waals surface area contributed by atoms with E-state index in [-0.39, 0.29) is 11.7 Å². The Kier molecular flexibility index (Phi) is 7.35. The van der Waals surface area contributed by atoms with Crippen LogP contribution in [0.2, 0.25) is 0 Å². The number of amides is 2. The minimum Gasteiger partial charge on any atom is -0.507 e. The van der Waals surface area contributed by atoms with E-state index in [1.54, 1.807) is 66.7 Å². The summed E-state index contributed by atoms with van der Waals surface area (Å²) in [5, 5.41) is 16.9. The highest BCUT2D eigenvalue weighted by molar-refractivity contribution is 9.10. The summed E-state index contributed by atoms with van der Waals surface area (Å²) in [6, 6.07) is 18.8. The number of hydrogen-bond donors (Lipinski definition) is 3. The molecule has 6 nitrogen and oxygen atoms in total. The van der Waals surface area contributed by atoms with Crippen LogP contribution in [0.5, 0.6) is 5.75 Å². The summed E-state index contributed by atoms with van der Waals surface area (Å²) in [5.74, 6) is -0.638. The summed E-state index contributed by atoms with van der Waals surface area (Å²) in [6.45, 7) is 3.66. The van der Waals surface area contributed by atoms with E-state index in [9.17, 15) is 14.7 Å². The van der Waals surface area contributed by atoms with Crippen molar-refractivity contribution in [1.82, 2.24) is 5.43 Å². The number of hydrogen-bond acceptors (Lipinski definition) is 4. The maximum atomic E-state index is 12.4. The Balaban J connectivity index is 1.66. The number of phenolic OH excluding ortho intramolecular Hbond substituents is 1. The number of anilines is 1. The molecule has 0 spiro atoms. The summed E-state index contributed by atoms with van der Waals surface area (Å²) >= 11 is 3.34. The fraction of sp³-hybridized carbons (Fsp3) is 0.0417. The van der Waals surface area contributed by atoms with Crippen molar-refractivity contribution in [2.24, 2.45) is 5.10 Å². The highest BCUT2D eigenvalue weighted by Gasteiger charge is 2.10. The molecule has 3 rings (SSSR count). The van der Waals surface area contributed by atoms with Gasteiger partial charge in [-0.25, -0.2) is 5.43 Å². The first kappa shape index (κ1) is 22.0. The molecule has 156 valence electrons. The van der Waals surface area contributed by atoms with Crippen LogP contribution in [-0.4, -0.2) is 23.1 Å². The Bertz CT molecular complexity index is 1160. The van der Waals surface area contributed by atoms with E-state index in [0.717, 1.165) is 10.0 Å². The van der Waals surface area contributed by atoms with Crippen LogP contribution in [0, 0.1) is 0 Å². The number of rotatable bonds is 7. The van der Waals surface area contributed by atoms with Gasteiger partial charge in [-0.1, -0.05) is 46.3 Å². The first-order valence-electron chi connectivity index (χ1n) is 9.40. The molecule has 0 heterocycles. The van der Waals surface area contributed by atoms with Crippen molar-refractivity contribution >= 4 is 39.6 Å². The molecule has 3 aromatic carbocycles. The highest BCUT2D eigenvalue weighted by Crippen LogP contribution is 2.21. The summed E-state index contributed by atoms with van der Waals surface area (Å²) in [6.07, 6.45) is 3.59. The molecular weight excluding hydrogens is 458 g/mol. The van der Waals surface area contributed by atoms with Crippen LogP contribution in [0.15, 0.2) is 89.0 Å². The largest absolute Gasteiger partial charge is 0.507 e. The Hall–Kier alpha value is -3.71. The maximum Gasteiger partial charge on any atom is 0.271 e. The van der Waals surface area contributed by atoms with E-state index < -0.39 is 5.91 Å². The molecule has 0 saturated heterocycles. The van der Waals surface area contributed by atoms with Gasteiger partial charge in [0.1, 0.15) is 5.75 Å². The van der Waals surface area contributed by atoms with Gasteiger partial charge >= 0.3 is 0 Å². The molecule has 0 bridgehead atoms. The maximum absolute atomic E-state index is 12.4. The van der Waals surface area contributed by atoms with Crippen molar-refractivity contribution < 1.29 is 14.7 Å². The average molecular weight is 478 g/mol. The molecule has 0 unspecified atom stereocenters. The van der Waals surface area contributed by atoms with Gasteiger partial charge in [0.25, 0.3) is 11.8 Å². The Labute approximate surface area is 188 Å². The second kappa shape index (κ2) is 10.4. The molecular formula is C24H20BrN3O3. The number of benzene rings is 3. The zero-order valence-corrected chi connectivity index (χ0v) is 18.1. The second-order valence-corrected chi connectivity index (χ2v) is 7.51. The number of nitrogens with one attached hydrogen (secondary N) is 2.